The number of hydrogen-bond acceptors (Lipinski definition) is 5. The number of anilines is 2. The third-order valence-corrected chi connectivity index (χ3v) is 5.17. The zero-order chi connectivity index (χ0) is 24.6. The number of benzene rings is 2. The fourth-order valence-corrected chi connectivity index (χ4v) is 3.53. The van der Waals surface area contributed by atoms with Crippen molar-refractivity contribution in [1.82, 2.24) is 5.32 Å². The van der Waals surface area contributed by atoms with Crippen LogP contribution in [0.5, 0.6) is 11.5 Å². The SMILES string of the molecule is COc1cc(CNc2cccc(NC(=O)CC(C)C)c2)c(Br)cc1OCC(=O)NC(C)(C)C. The van der Waals surface area contributed by atoms with Gasteiger partial charge in [-0.2, -0.15) is 0 Å². The minimum absolute atomic E-state index is 0.00130. The quantitative estimate of drug-likeness (QED) is 0.393. The second-order valence-electron chi connectivity index (χ2n) is 9.26. The fourth-order valence-electron chi connectivity index (χ4n) is 3.07. The van der Waals surface area contributed by atoms with E-state index in [4.69, 9.17) is 9.47 Å². The van der Waals surface area contributed by atoms with Gasteiger partial charge in [-0.15, -0.1) is 0 Å². The van der Waals surface area contributed by atoms with Crippen LogP contribution in [0.4, 0.5) is 11.4 Å². The molecule has 8 heteroatoms. The van der Waals surface area contributed by atoms with Crippen LogP contribution >= 0.6 is 15.9 Å². The third-order valence-electron chi connectivity index (χ3n) is 4.43. The van der Waals surface area contributed by atoms with Crippen LogP contribution in [0, 0.1) is 5.92 Å². The molecule has 0 atom stereocenters. The van der Waals surface area contributed by atoms with Gasteiger partial charge in [0.25, 0.3) is 5.91 Å². The van der Waals surface area contributed by atoms with Crippen molar-refractivity contribution in [3.8, 4) is 11.5 Å². The van der Waals surface area contributed by atoms with Gasteiger partial charge < -0.3 is 25.4 Å². The molecular weight excluding hydrogens is 486 g/mol. The molecule has 2 aromatic rings. The lowest BCUT2D eigenvalue weighted by Crippen LogP contribution is -2.43. The highest BCUT2D eigenvalue weighted by molar-refractivity contribution is 9.10. The number of carbonyl (C=O) groups is 2. The molecule has 2 aromatic carbocycles. The van der Waals surface area contributed by atoms with Crippen LogP contribution in [-0.2, 0) is 16.1 Å². The van der Waals surface area contributed by atoms with E-state index in [1.807, 2.05) is 65.0 Å². The van der Waals surface area contributed by atoms with Crippen LogP contribution < -0.4 is 25.4 Å². The molecule has 0 aliphatic rings. The van der Waals surface area contributed by atoms with Crippen molar-refractivity contribution in [2.24, 2.45) is 5.92 Å². The molecule has 0 spiro atoms. The summed E-state index contributed by atoms with van der Waals surface area (Å²) in [5, 5.41) is 9.15. The van der Waals surface area contributed by atoms with E-state index in [1.165, 1.54) is 0 Å². The largest absolute Gasteiger partial charge is 0.493 e. The van der Waals surface area contributed by atoms with Crippen molar-refractivity contribution in [2.75, 3.05) is 24.4 Å². The Labute approximate surface area is 204 Å². The first-order valence-corrected chi connectivity index (χ1v) is 11.7. The van der Waals surface area contributed by atoms with E-state index in [9.17, 15) is 9.59 Å². The summed E-state index contributed by atoms with van der Waals surface area (Å²) in [6.45, 7) is 10.2. The number of carbonyl (C=O) groups excluding carboxylic acids is 2. The van der Waals surface area contributed by atoms with E-state index < -0.39 is 0 Å². The standard InChI is InChI=1S/C25H34BrN3O4/c1-16(2)10-23(30)28-19-9-7-8-18(12-19)27-14-17-11-21(32-6)22(13-20(17)26)33-15-24(31)29-25(3,4)5/h7-9,11-13,16,27H,10,14-15H2,1-6H3,(H,28,30)(H,29,31). The summed E-state index contributed by atoms with van der Waals surface area (Å²) in [4.78, 5) is 24.1. The summed E-state index contributed by atoms with van der Waals surface area (Å²) in [7, 11) is 1.56. The Morgan fingerprint density at radius 1 is 1.03 bits per heavy atom. The molecular formula is C25H34BrN3O4. The van der Waals surface area contributed by atoms with Crippen molar-refractivity contribution >= 4 is 39.1 Å². The third kappa shape index (κ3) is 9.34. The maximum atomic E-state index is 12.1. The zero-order valence-corrected chi connectivity index (χ0v) is 21.8. The molecule has 2 rings (SSSR count). The van der Waals surface area contributed by atoms with Crippen molar-refractivity contribution in [2.45, 2.75) is 53.1 Å². The maximum Gasteiger partial charge on any atom is 0.258 e. The Hall–Kier alpha value is -2.74. The molecule has 0 saturated heterocycles. The zero-order valence-electron chi connectivity index (χ0n) is 20.2. The number of rotatable bonds is 10. The number of nitrogens with one attached hydrogen (secondary N) is 3. The molecule has 33 heavy (non-hydrogen) atoms. The van der Waals surface area contributed by atoms with E-state index in [1.54, 1.807) is 13.2 Å². The monoisotopic (exact) mass is 519 g/mol. The van der Waals surface area contributed by atoms with Crippen LogP contribution in [0.3, 0.4) is 0 Å². The number of halogens is 1. The topological polar surface area (TPSA) is 88.7 Å². The van der Waals surface area contributed by atoms with E-state index >= 15 is 0 Å². The van der Waals surface area contributed by atoms with Crippen molar-refractivity contribution in [3.05, 3.63) is 46.4 Å². The first-order valence-electron chi connectivity index (χ1n) is 10.9. The summed E-state index contributed by atoms with van der Waals surface area (Å²) < 4.78 is 12.0. The lowest BCUT2D eigenvalue weighted by atomic mass is 10.1. The highest BCUT2D eigenvalue weighted by atomic mass is 79.9. The van der Waals surface area contributed by atoms with Crippen LogP contribution in [0.25, 0.3) is 0 Å². The van der Waals surface area contributed by atoms with Gasteiger partial charge in [0.05, 0.1) is 7.11 Å². The summed E-state index contributed by atoms with van der Waals surface area (Å²) in [5.41, 5.74) is 2.25. The normalized spacial score (nSPS) is 11.2. The lowest BCUT2D eigenvalue weighted by molar-refractivity contribution is -0.124. The molecule has 7 nitrogen and oxygen atoms in total. The number of hydrogen-bond donors (Lipinski definition) is 3. The van der Waals surface area contributed by atoms with E-state index in [2.05, 4.69) is 31.9 Å². The summed E-state index contributed by atoms with van der Waals surface area (Å²) >= 11 is 3.58. The van der Waals surface area contributed by atoms with Gasteiger partial charge in [0, 0.05) is 34.4 Å². The predicted molar refractivity (Wildman–Crippen MR) is 136 cm³/mol. The Balaban J connectivity index is 2.03. The van der Waals surface area contributed by atoms with Crippen LogP contribution in [-0.4, -0.2) is 31.1 Å². The molecule has 0 heterocycles. The molecule has 2 amide bonds. The van der Waals surface area contributed by atoms with Gasteiger partial charge in [-0.25, -0.2) is 0 Å². The fraction of sp³-hybridized carbons (Fsp3) is 0.440. The van der Waals surface area contributed by atoms with E-state index in [0.29, 0.717) is 30.4 Å². The predicted octanol–water partition coefficient (Wildman–Crippen LogP) is 5.35. The van der Waals surface area contributed by atoms with Crippen LogP contribution in [0.2, 0.25) is 0 Å². The highest BCUT2D eigenvalue weighted by Crippen LogP contribution is 2.34. The van der Waals surface area contributed by atoms with Crippen molar-refractivity contribution in [3.63, 3.8) is 0 Å². The van der Waals surface area contributed by atoms with Gasteiger partial charge in [0.1, 0.15) is 0 Å². The molecule has 0 radical (unpaired) electrons. The van der Waals surface area contributed by atoms with Gasteiger partial charge in [0.2, 0.25) is 5.91 Å². The number of methoxy groups -OCH3 is 1. The van der Waals surface area contributed by atoms with E-state index in [-0.39, 0.29) is 24.0 Å². The van der Waals surface area contributed by atoms with Crippen LogP contribution in [0.1, 0.15) is 46.6 Å². The minimum atomic E-state index is -0.324. The minimum Gasteiger partial charge on any atom is -0.493 e. The Kier molecular flexibility index (Phi) is 9.58. The molecule has 0 saturated carbocycles. The van der Waals surface area contributed by atoms with Gasteiger partial charge in [0.15, 0.2) is 18.1 Å². The molecule has 0 unspecified atom stereocenters. The maximum absolute atomic E-state index is 12.1. The molecule has 3 N–H and O–H groups in total. The second kappa shape index (κ2) is 11.9. The number of amides is 2. The average molecular weight is 520 g/mol. The van der Waals surface area contributed by atoms with Crippen LogP contribution in [0.15, 0.2) is 40.9 Å². The Bertz CT molecular complexity index is 971. The van der Waals surface area contributed by atoms with E-state index in [0.717, 1.165) is 21.4 Å². The second-order valence-corrected chi connectivity index (χ2v) is 10.1. The molecule has 0 bridgehead atoms. The summed E-state index contributed by atoms with van der Waals surface area (Å²) in [6.07, 6.45) is 0.483. The summed E-state index contributed by atoms with van der Waals surface area (Å²) in [5.74, 6) is 1.12. The molecule has 0 aliphatic carbocycles. The Morgan fingerprint density at radius 2 is 1.73 bits per heavy atom. The lowest BCUT2D eigenvalue weighted by Gasteiger charge is -2.21. The smallest absolute Gasteiger partial charge is 0.258 e. The first-order chi connectivity index (χ1) is 15.5. The van der Waals surface area contributed by atoms with Gasteiger partial charge >= 0.3 is 0 Å². The Morgan fingerprint density at radius 3 is 2.36 bits per heavy atom. The van der Waals surface area contributed by atoms with Gasteiger partial charge in [-0.3, -0.25) is 9.59 Å². The van der Waals surface area contributed by atoms with Crippen molar-refractivity contribution < 1.29 is 19.1 Å². The average Bonchev–Trinajstić information content (AvgIpc) is 2.69. The highest BCUT2D eigenvalue weighted by Gasteiger charge is 2.16. The van der Waals surface area contributed by atoms with Gasteiger partial charge in [-0.1, -0.05) is 35.8 Å². The first kappa shape index (κ1) is 26.5. The number of ether oxygens (including phenoxy) is 2. The molecule has 0 aromatic heterocycles. The molecule has 0 fully saturated rings. The molecule has 180 valence electrons. The van der Waals surface area contributed by atoms with Crippen molar-refractivity contribution in [1.29, 1.82) is 0 Å². The van der Waals surface area contributed by atoms with Gasteiger partial charge in [-0.05, 0) is 62.6 Å². The molecule has 0 aliphatic heterocycles. The summed E-state index contributed by atoms with van der Waals surface area (Å²) in [6, 6.07) is 11.3.